The van der Waals surface area contributed by atoms with E-state index in [-0.39, 0.29) is 12.0 Å². The first kappa shape index (κ1) is 16.9. The number of methoxy groups -OCH3 is 1. The molecule has 3 heterocycles. The van der Waals surface area contributed by atoms with Gasteiger partial charge in [-0.3, -0.25) is 0 Å². The number of carbonyl (C=O) groups is 1. The van der Waals surface area contributed by atoms with Crippen LogP contribution in [0.1, 0.15) is 26.8 Å². The summed E-state index contributed by atoms with van der Waals surface area (Å²) in [6.45, 7) is 11.1. The van der Waals surface area contributed by atoms with Crippen molar-refractivity contribution >= 4 is 12.1 Å². The van der Waals surface area contributed by atoms with Gasteiger partial charge in [-0.15, -0.1) is 5.10 Å². The molecule has 2 aliphatic heterocycles. The molecule has 2 aliphatic rings. The van der Waals surface area contributed by atoms with E-state index in [2.05, 4.69) is 25.3 Å². The molecule has 7 heteroatoms. The van der Waals surface area contributed by atoms with Crippen molar-refractivity contribution in [1.29, 1.82) is 0 Å². The molecule has 0 saturated carbocycles. The summed E-state index contributed by atoms with van der Waals surface area (Å²) in [5.74, 6) is 1.12. The highest BCUT2D eigenvalue weighted by Gasteiger charge is 2.48. The van der Waals surface area contributed by atoms with Gasteiger partial charge in [-0.1, -0.05) is 19.1 Å². The Morgan fingerprint density at radius 2 is 2.09 bits per heavy atom. The standard InChI is InChI=1S/C12H19N5O.C3H8O/c1-9(2)10(4-18)17-3-11(14-15-17)16-7-12(8-16)5-13-6-12;1-3-4-2/h3-4,9-10,13H,5-8H2,1-2H3;3H2,1-2H3. The Hall–Kier alpha value is -1.47. The van der Waals surface area contributed by atoms with Crippen LogP contribution < -0.4 is 10.2 Å². The molecule has 3 rings (SSSR count). The maximum atomic E-state index is 11.1. The molecule has 1 N–H and O–H groups in total. The van der Waals surface area contributed by atoms with Gasteiger partial charge in [-0.05, 0) is 12.8 Å². The van der Waals surface area contributed by atoms with Crippen molar-refractivity contribution in [3.8, 4) is 0 Å². The van der Waals surface area contributed by atoms with Crippen LogP contribution >= 0.6 is 0 Å². The summed E-state index contributed by atoms with van der Waals surface area (Å²) in [5, 5.41) is 11.6. The zero-order chi connectivity index (χ0) is 16.2. The van der Waals surface area contributed by atoms with Crippen LogP contribution in [-0.2, 0) is 9.53 Å². The third kappa shape index (κ3) is 3.47. The van der Waals surface area contributed by atoms with E-state index in [0.717, 1.165) is 44.9 Å². The Balaban J connectivity index is 0.000000396. The van der Waals surface area contributed by atoms with Gasteiger partial charge < -0.3 is 19.7 Å². The smallest absolute Gasteiger partial charge is 0.171 e. The number of hydrogen-bond acceptors (Lipinski definition) is 6. The molecule has 22 heavy (non-hydrogen) atoms. The van der Waals surface area contributed by atoms with Crippen LogP contribution in [0.5, 0.6) is 0 Å². The molecule has 1 aromatic heterocycles. The van der Waals surface area contributed by atoms with Crippen LogP contribution in [-0.4, -0.2) is 61.2 Å². The molecule has 1 aromatic rings. The third-order valence-corrected chi connectivity index (χ3v) is 4.29. The van der Waals surface area contributed by atoms with Crippen molar-refractivity contribution in [3.05, 3.63) is 6.20 Å². The summed E-state index contributed by atoms with van der Waals surface area (Å²) in [5.41, 5.74) is 0.478. The van der Waals surface area contributed by atoms with E-state index >= 15 is 0 Å². The van der Waals surface area contributed by atoms with E-state index in [9.17, 15) is 4.79 Å². The van der Waals surface area contributed by atoms with E-state index < -0.39 is 0 Å². The number of carbonyl (C=O) groups excluding carboxylic acids is 1. The largest absolute Gasteiger partial charge is 0.385 e. The van der Waals surface area contributed by atoms with Crippen molar-refractivity contribution in [2.75, 3.05) is 44.8 Å². The first-order valence-corrected chi connectivity index (χ1v) is 7.87. The summed E-state index contributed by atoms with van der Waals surface area (Å²) in [7, 11) is 1.68. The van der Waals surface area contributed by atoms with Crippen molar-refractivity contribution in [3.63, 3.8) is 0 Å². The molecule has 0 aliphatic carbocycles. The average Bonchev–Trinajstić information content (AvgIpc) is 2.85. The summed E-state index contributed by atoms with van der Waals surface area (Å²) in [6, 6.07) is -0.216. The molecule has 1 spiro atoms. The normalized spacial score (nSPS) is 20.0. The first-order chi connectivity index (χ1) is 10.5. The predicted octanol–water partition coefficient (Wildman–Crippen LogP) is 0.736. The van der Waals surface area contributed by atoms with Crippen LogP contribution in [0.4, 0.5) is 5.82 Å². The predicted molar refractivity (Wildman–Crippen MR) is 85.0 cm³/mol. The zero-order valence-electron chi connectivity index (χ0n) is 14.0. The quantitative estimate of drug-likeness (QED) is 0.809. The maximum Gasteiger partial charge on any atom is 0.171 e. The van der Waals surface area contributed by atoms with Gasteiger partial charge in [0, 0.05) is 45.3 Å². The summed E-state index contributed by atoms with van der Waals surface area (Å²) in [4.78, 5) is 13.3. The molecular formula is C15H27N5O2. The highest BCUT2D eigenvalue weighted by atomic mass is 16.5. The van der Waals surface area contributed by atoms with Gasteiger partial charge >= 0.3 is 0 Å². The summed E-state index contributed by atoms with van der Waals surface area (Å²) >= 11 is 0. The van der Waals surface area contributed by atoms with Crippen LogP contribution in [0, 0.1) is 11.3 Å². The molecule has 0 radical (unpaired) electrons. The monoisotopic (exact) mass is 309 g/mol. The number of hydrogen-bond donors (Lipinski definition) is 1. The number of rotatable bonds is 5. The molecule has 124 valence electrons. The fourth-order valence-electron chi connectivity index (χ4n) is 2.71. The number of nitrogens with one attached hydrogen (secondary N) is 1. The molecule has 7 nitrogen and oxygen atoms in total. The molecule has 2 saturated heterocycles. The topological polar surface area (TPSA) is 72.3 Å². The zero-order valence-corrected chi connectivity index (χ0v) is 14.0. The van der Waals surface area contributed by atoms with Crippen LogP contribution in [0.3, 0.4) is 0 Å². The minimum Gasteiger partial charge on any atom is -0.385 e. The average molecular weight is 309 g/mol. The highest BCUT2D eigenvalue weighted by Crippen LogP contribution is 2.36. The lowest BCUT2D eigenvalue weighted by atomic mass is 9.74. The molecule has 2 fully saturated rings. The lowest BCUT2D eigenvalue weighted by molar-refractivity contribution is -0.111. The minimum atomic E-state index is -0.216. The van der Waals surface area contributed by atoms with Gasteiger partial charge in [0.2, 0.25) is 0 Å². The Bertz CT molecular complexity index is 474. The second kappa shape index (κ2) is 7.19. The van der Waals surface area contributed by atoms with Gasteiger partial charge in [0.1, 0.15) is 12.3 Å². The van der Waals surface area contributed by atoms with Crippen LogP contribution in [0.25, 0.3) is 0 Å². The lowest BCUT2D eigenvalue weighted by Crippen LogP contribution is -2.71. The number of aldehydes is 1. The van der Waals surface area contributed by atoms with E-state index in [4.69, 9.17) is 0 Å². The molecule has 1 atom stereocenters. The van der Waals surface area contributed by atoms with E-state index in [1.807, 2.05) is 27.0 Å². The molecule has 0 bridgehead atoms. The van der Waals surface area contributed by atoms with Gasteiger partial charge in [0.15, 0.2) is 5.82 Å². The molecular weight excluding hydrogens is 282 g/mol. The Labute approximate surface area is 132 Å². The molecule has 1 unspecified atom stereocenters. The lowest BCUT2D eigenvalue weighted by Gasteiger charge is -2.56. The maximum absolute atomic E-state index is 11.1. The Morgan fingerprint density at radius 1 is 1.45 bits per heavy atom. The fraction of sp³-hybridized carbons (Fsp3) is 0.800. The van der Waals surface area contributed by atoms with Crippen molar-refractivity contribution in [1.82, 2.24) is 20.3 Å². The van der Waals surface area contributed by atoms with Crippen LogP contribution in [0.2, 0.25) is 0 Å². The first-order valence-electron chi connectivity index (χ1n) is 7.87. The van der Waals surface area contributed by atoms with Gasteiger partial charge in [0.05, 0.1) is 6.20 Å². The molecule has 0 aromatic carbocycles. The second-order valence-corrected chi connectivity index (χ2v) is 6.46. The third-order valence-electron chi connectivity index (χ3n) is 4.29. The van der Waals surface area contributed by atoms with E-state index in [1.54, 1.807) is 11.8 Å². The van der Waals surface area contributed by atoms with Crippen molar-refractivity contribution in [2.24, 2.45) is 11.3 Å². The van der Waals surface area contributed by atoms with E-state index in [1.165, 1.54) is 0 Å². The number of anilines is 1. The van der Waals surface area contributed by atoms with E-state index in [0.29, 0.717) is 5.41 Å². The van der Waals surface area contributed by atoms with Gasteiger partial charge in [-0.25, -0.2) is 4.68 Å². The number of aromatic nitrogens is 3. The number of ether oxygens (including phenoxy) is 1. The fourth-order valence-corrected chi connectivity index (χ4v) is 2.71. The van der Waals surface area contributed by atoms with Crippen LogP contribution in [0.15, 0.2) is 6.20 Å². The van der Waals surface area contributed by atoms with Gasteiger partial charge in [-0.2, -0.15) is 0 Å². The highest BCUT2D eigenvalue weighted by molar-refractivity contribution is 5.56. The minimum absolute atomic E-state index is 0.216. The SMILES string of the molecule is CC(C)C(C=O)n1cc(N2CC3(CNC3)C2)nn1.CCOC. The Morgan fingerprint density at radius 3 is 2.50 bits per heavy atom. The van der Waals surface area contributed by atoms with Crippen molar-refractivity contribution < 1.29 is 9.53 Å². The summed E-state index contributed by atoms with van der Waals surface area (Å²) in [6.07, 6.45) is 2.83. The molecule has 0 amide bonds. The van der Waals surface area contributed by atoms with Gasteiger partial charge in [0.25, 0.3) is 0 Å². The summed E-state index contributed by atoms with van der Waals surface area (Å²) < 4.78 is 6.22. The van der Waals surface area contributed by atoms with Crippen molar-refractivity contribution in [2.45, 2.75) is 26.8 Å². The number of nitrogens with zero attached hydrogens (tertiary/aromatic N) is 4. The Kier molecular flexibility index (Phi) is 5.52. The second-order valence-electron chi connectivity index (χ2n) is 6.46.